The summed E-state index contributed by atoms with van der Waals surface area (Å²) in [4.78, 5) is 29.2. The van der Waals surface area contributed by atoms with Gasteiger partial charge in [0.05, 0.1) is 30.6 Å². The molecule has 0 saturated heterocycles. The van der Waals surface area contributed by atoms with E-state index >= 15 is 0 Å². The summed E-state index contributed by atoms with van der Waals surface area (Å²) in [6, 6.07) is 9.28. The highest BCUT2D eigenvalue weighted by Crippen LogP contribution is 2.17. The van der Waals surface area contributed by atoms with Crippen molar-refractivity contribution in [2.24, 2.45) is 0 Å². The number of para-hydroxylation sites is 1. The molecule has 1 amide bonds. The average Bonchev–Trinajstić information content (AvgIpc) is 3.25. The maximum Gasteiger partial charge on any atom is 0.311 e. The third kappa shape index (κ3) is 4.27. The number of nitrogens with one attached hydrogen (secondary N) is 1. The Balaban J connectivity index is 1.64. The van der Waals surface area contributed by atoms with Crippen LogP contribution in [0.3, 0.4) is 0 Å². The van der Waals surface area contributed by atoms with Gasteiger partial charge in [0.25, 0.3) is 5.91 Å². The number of carbonyl (C=O) groups excluding carboxylic acids is 2. The van der Waals surface area contributed by atoms with Crippen LogP contribution >= 0.6 is 11.3 Å². The molecule has 0 bridgehead atoms. The Bertz CT molecular complexity index is 875. The lowest BCUT2D eigenvalue weighted by molar-refractivity contribution is -0.142. The van der Waals surface area contributed by atoms with Crippen molar-refractivity contribution in [2.75, 3.05) is 11.9 Å². The van der Waals surface area contributed by atoms with Crippen LogP contribution in [0.2, 0.25) is 0 Å². The van der Waals surface area contributed by atoms with Crippen LogP contribution in [0.5, 0.6) is 0 Å². The number of benzene rings is 1. The zero-order valence-corrected chi connectivity index (χ0v) is 14.2. The molecule has 0 aliphatic carbocycles. The van der Waals surface area contributed by atoms with E-state index in [0.29, 0.717) is 17.4 Å². The summed E-state index contributed by atoms with van der Waals surface area (Å²) in [6.45, 7) is 2.07. The van der Waals surface area contributed by atoms with Gasteiger partial charge in [0.2, 0.25) is 0 Å². The van der Waals surface area contributed by atoms with E-state index in [1.54, 1.807) is 12.3 Å². The minimum Gasteiger partial charge on any atom is -0.466 e. The number of hydrogen-bond donors (Lipinski definition) is 1. The van der Waals surface area contributed by atoms with Gasteiger partial charge in [0.1, 0.15) is 0 Å². The molecule has 3 aromatic rings. The first-order valence-corrected chi connectivity index (χ1v) is 8.43. The second-order valence-electron chi connectivity index (χ2n) is 4.93. The summed E-state index contributed by atoms with van der Waals surface area (Å²) in [5.74, 6) is -0.768. The number of esters is 1. The fourth-order valence-electron chi connectivity index (χ4n) is 2.02. The van der Waals surface area contributed by atoms with Crippen LogP contribution in [0, 0.1) is 0 Å². The molecule has 1 N–H and O–H groups in total. The largest absolute Gasteiger partial charge is 0.466 e. The summed E-state index contributed by atoms with van der Waals surface area (Å²) in [6.07, 6.45) is 1.46. The van der Waals surface area contributed by atoms with E-state index in [0.717, 1.165) is 5.69 Å². The van der Waals surface area contributed by atoms with E-state index < -0.39 is 5.91 Å². The van der Waals surface area contributed by atoms with Crippen LogP contribution < -0.4 is 5.32 Å². The standard InChI is InChI=1S/C16H15N5O3S/c1-2-24-14(22)8-11-10-25-16(18-11)19-15(23)13-9-17-21(20-13)12-6-4-3-5-7-12/h3-7,9-10H,2,8H2,1H3,(H,18,19,23). The minimum absolute atomic E-state index is 0.0738. The first-order valence-electron chi connectivity index (χ1n) is 7.55. The zero-order chi connectivity index (χ0) is 17.6. The maximum atomic E-state index is 12.2. The number of anilines is 1. The van der Waals surface area contributed by atoms with Crippen molar-refractivity contribution < 1.29 is 14.3 Å². The Hall–Kier alpha value is -3.07. The van der Waals surface area contributed by atoms with Gasteiger partial charge in [0.15, 0.2) is 10.8 Å². The smallest absolute Gasteiger partial charge is 0.311 e. The molecule has 2 heterocycles. The van der Waals surface area contributed by atoms with Crippen LogP contribution in [0.1, 0.15) is 23.1 Å². The number of ether oxygens (including phenoxy) is 1. The van der Waals surface area contributed by atoms with E-state index in [9.17, 15) is 9.59 Å². The third-order valence-corrected chi connectivity index (χ3v) is 3.92. The highest BCUT2D eigenvalue weighted by Gasteiger charge is 2.14. The molecule has 128 valence electrons. The zero-order valence-electron chi connectivity index (χ0n) is 13.4. The van der Waals surface area contributed by atoms with Gasteiger partial charge >= 0.3 is 5.97 Å². The first-order chi connectivity index (χ1) is 12.2. The highest BCUT2D eigenvalue weighted by atomic mass is 32.1. The molecule has 3 rings (SSSR count). The molecule has 2 aromatic heterocycles. The second kappa shape index (κ2) is 7.67. The fourth-order valence-corrected chi connectivity index (χ4v) is 2.72. The van der Waals surface area contributed by atoms with Gasteiger partial charge in [-0.1, -0.05) is 18.2 Å². The SMILES string of the molecule is CCOC(=O)Cc1csc(NC(=O)c2cnn(-c3ccccc3)n2)n1. The number of aromatic nitrogens is 4. The number of nitrogens with zero attached hydrogens (tertiary/aromatic N) is 4. The molecule has 0 saturated carbocycles. The van der Waals surface area contributed by atoms with Crippen molar-refractivity contribution in [1.29, 1.82) is 0 Å². The number of amides is 1. The first kappa shape index (κ1) is 16.8. The average molecular weight is 357 g/mol. The van der Waals surface area contributed by atoms with E-state index in [4.69, 9.17) is 4.74 Å². The van der Waals surface area contributed by atoms with Crippen molar-refractivity contribution in [2.45, 2.75) is 13.3 Å². The van der Waals surface area contributed by atoms with Crippen molar-refractivity contribution in [1.82, 2.24) is 20.0 Å². The summed E-state index contributed by atoms with van der Waals surface area (Å²) >= 11 is 1.23. The van der Waals surface area contributed by atoms with Crippen LogP contribution in [0.15, 0.2) is 41.9 Å². The van der Waals surface area contributed by atoms with Gasteiger partial charge in [-0.3, -0.25) is 14.9 Å². The number of hydrogen-bond acceptors (Lipinski definition) is 7. The predicted molar refractivity (Wildman–Crippen MR) is 91.8 cm³/mol. The third-order valence-electron chi connectivity index (χ3n) is 3.11. The fraction of sp³-hybridized carbons (Fsp3) is 0.188. The number of rotatable bonds is 6. The lowest BCUT2D eigenvalue weighted by atomic mass is 10.3. The second-order valence-corrected chi connectivity index (χ2v) is 5.79. The van der Waals surface area contributed by atoms with Crippen molar-refractivity contribution in [3.05, 3.63) is 53.3 Å². The molecule has 9 heteroatoms. The summed E-state index contributed by atoms with van der Waals surface area (Å²) in [5, 5.41) is 13.0. The Morgan fingerprint density at radius 1 is 1.28 bits per heavy atom. The van der Waals surface area contributed by atoms with E-state index in [-0.39, 0.29) is 18.1 Å². The van der Waals surface area contributed by atoms with E-state index in [2.05, 4.69) is 20.5 Å². The van der Waals surface area contributed by atoms with Crippen molar-refractivity contribution in [3.63, 3.8) is 0 Å². The summed E-state index contributed by atoms with van der Waals surface area (Å²) < 4.78 is 4.87. The van der Waals surface area contributed by atoms with Crippen LogP contribution in [-0.2, 0) is 16.0 Å². The monoisotopic (exact) mass is 357 g/mol. The Labute approximate surface area is 147 Å². The lowest BCUT2D eigenvalue weighted by Gasteiger charge is -1.99. The summed E-state index contributed by atoms with van der Waals surface area (Å²) in [7, 11) is 0. The molecular weight excluding hydrogens is 342 g/mol. The van der Waals surface area contributed by atoms with E-state index in [1.165, 1.54) is 22.3 Å². The van der Waals surface area contributed by atoms with Gasteiger partial charge in [-0.15, -0.1) is 16.4 Å². The Morgan fingerprint density at radius 3 is 2.84 bits per heavy atom. The van der Waals surface area contributed by atoms with Gasteiger partial charge in [-0.05, 0) is 19.1 Å². The molecule has 0 fully saturated rings. The highest BCUT2D eigenvalue weighted by molar-refractivity contribution is 7.14. The lowest BCUT2D eigenvalue weighted by Crippen LogP contribution is -2.13. The van der Waals surface area contributed by atoms with Crippen LogP contribution in [-0.4, -0.2) is 38.5 Å². The maximum absolute atomic E-state index is 12.2. The normalized spacial score (nSPS) is 10.4. The molecular formula is C16H15N5O3S. The molecule has 1 aromatic carbocycles. The predicted octanol–water partition coefficient (Wildman–Crippen LogP) is 2.08. The minimum atomic E-state index is -0.417. The number of carbonyl (C=O) groups is 2. The molecule has 0 aliphatic heterocycles. The summed E-state index contributed by atoms with van der Waals surface area (Å²) in [5.41, 5.74) is 1.48. The van der Waals surface area contributed by atoms with Gasteiger partial charge < -0.3 is 4.74 Å². The van der Waals surface area contributed by atoms with Crippen molar-refractivity contribution >= 4 is 28.3 Å². The molecule has 0 aliphatic rings. The molecule has 8 nitrogen and oxygen atoms in total. The topological polar surface area (TPSA) is 99.0 Å². The van der Waals surface area contributed by atoms with Crippen LogP contribution in [0.4, 0.5) is 5.13 Å². The van der Waals surface area contributed by atoms with E-state index in [1.807, 2.05) is 30.3 Å². The van der Waals surface area contributed by atoms with Gasteiger partial charge in [-0.25, -0.2) is 4.98 Å². The molecule has 0 radical (unpaired) electrons. The van der Waals surface area contributed by atoms with Gasteiger partial charge in [0, 0.05) is 5.38 Å². The van der Waals surface area contributed by atoms with Crippen LogP contribution in [0.25, 0.3) is 5.69 Å². The molecule has 0 spiro atoms. The molecule has 25 heavy (non-hydrogen) atoms. The quantitative estimate of drug-likeness (QED) is 0.678. The molecule has 0 atom stereocenters. The van der Waals surface area contributed by atoms with Gasteiger partial charge in [-0.2, -0.15) is 9.90 Å². The van der Waals surface area contributed by atoms with Crippen molar-refractivity contribution in [3.8, 4) is 5.69 Å². The Kier molecular flexibility index (Phi) is 5.14. The number of thiazole rings is 1. The molecule has 0 unspecified atom stereocenters. The Morgan fingerprint density at radius 2 is 2.08 bits per heavy atom.